The summed E-state index contributed by atoms with van der Waals surface area (Å²) < 4.78 is 20.0. The topological polar surface area (TPSA) is 46.5 Å². The second kappa shape index (κ2) is 5.46. The van der Waals surface area contributed by atoms with E-state index in [-0.39, 0.29) is 16.7 Å². The van der Waals surface area contributed by atoms with Crippen LogP contribution in [0.1, 0.15) is 28.4 Å². The van der Waals surface area contributed by atoms with Crippen molar-refractivity contribution in [3.05, 3.63) is 70.0 Å². The highest BCUT2D eigenvalue weighted by molar-refractivity contribution is 6.31. The fourth-order valence-electron chi connectivity index (χ4n) is 2.48. The molecule has 0 saturated heterocycles. The number of halogens is 2. The average molecular weight is 319 g/mol. The van der Waals surface area contributed by atoms with Gasteiger partial charge in [-0.1, -0.05) is 23.7 Å². The van der Waals surface area contributed by atoms with E-state index in [2.05, 4.69) is 0 Å². The molecule has 1 unspecified atom stereocenters. The maximum Gasteiger partial charge on any atom is 0.335 e. The Labute approximate surface area is 131 Å². The van der Waals surface area contributed by atoms with E-state index in [1.165, 1.54) is 18.2 Å². The summed E-state index contributed by atoms with van der Waals surface area (Å²) in [5.74, 6) is -1.06. The Morgan fingerprint density at radius 1 is 1.27 bits per heavy atom. The van der Waals surface area contributed by atoms with Crippen LogP contribution in [-0.4, -0.2) is 17.2 Å². The molecular formula is C17H12ClFO3. The van der Waals surface area contributed by atoms with Gasteiger partial charge < -0.3 is 9.84 Å². The number of carboxylic acids is 1. The Hall–Kier alpha value is -2.33. The van der Waals surface area contributed by atoms with Gasteiger partial charge in [-0.25, -0.2) is 9.18 Å². The van der Waals surface area contributed by atoms with E-state index in [1.807, 2.05) is 6.92 Å². The van der Waals surface area contributed by atoms with Gasteiger partial charge in [-0.15, -0.1) is 0 Å². The zero-order valence-electron chi connectivity index (χ0n) is 11.6. The lowest BCUT2D eigenvalue weighted by Crippen LogP contribution is -2.16. The van der Waals surface area contributed by atoms with Crippen LogP contribution in [0.4, 0.5) is 4.39 Å². The Kier molecular flexibility index (Phi) is 3.62. The molecule has 112 valence electrons. The van der Waals surface area contributed by atoms with Gasteiger partial charge in [0.1, 0.15) is 17.7 Å². The molecule has 3 nitrogen and oxygen atoms in total. The number of fused-ring (bicyclic) bond motifs is 1. The van der Waals surface area contributed by atoms with Crippen molar-refractivity contribution in [3.63, 3.8) is 0 Å². The molecule has 3 rings (SSSR count). The molecule has 1 N–H and O–H groups in total. The minimum atomic E-state index is -1.05. The van der Waals surface area contributed by atoms with Crippen molar-refractivity contribution in [3.8, 4) is 5.75 Å². The molecular weight excluding hydrogens is 307 g/mol. The molecule has 1 atom stereocenters. The quantitative estimate of drug-likeness (QED) is 0.893. The lowest BCUT2D eigenvalue weighted by Gasteiger charge is -2.24. The first-order valence-corrected chi connectivity index (χ1v) is 7.05. The zero-order valence-corrected chi connectivity index (χ0v) is 12.4. The van der Waals surface area contributed by atoms with Gasteiger partial charge >= 0.3 is 5.97 Å². The van der Waals surface area contributed by atoms with Crippen molar-refractivity contribution >= 4 is 23.1 Å². The molecule has 0 aromatic heterocycles. The highest BCUT2D eigenvalue weighted by atomic mass is 35.5. The summed E-state index contributed by atoms with van der Waals surface area (Å²) in [6.45, 7) is 1.83. The molecule has 1 heterocycles. The number of hydrogen-bond donors (Lipinski definition) is 1. The average Bonchev–Trinajstić information content (AvgIpc) is 2.48. The molecule has 0 spiro atoms. The van der Waals surface area contributed by atoms with Gasteiger partial charge in [0.05, 0.1) is 10.6 Å². The molecule has 0 aliphatic carbocycles. The van der Waals surface area contributed by atoms with Crippen molar-refractivity contribution in [2.75, 3.05) is 0 Å². The molecule has 0 fully saturated rings. The van der Waals surface area contributed by atoms with Gasteiger partial charge in [0, 0.05) is 11.1 Å². The van der Waals surface area contributed by atoms with Gasteiger partial charge in [-0.05, 0) is 42.8 Å². The normalized spacial score (nSPS) is 16.5. The Bertz CT molecular complexity index is 798. The first kappa shape index (κ1) is 14.6. The highest BCUT2D eigenvalue weighted by Crippen LogP contribution is 2.38. The van der Waals surface area contributed by atoms with E-state index in [9.17, 15) is 9.18 Å². The van der Waals surface area contributed by atoms with Crippen LogP contribution in [0.15, 0.2) is 42.5 Å². The zero-order chi connectivity index (χ0) is 15.9. The van der Waals surface area contributed by atoms with Gasteiger partial charge in [-0.2, -0.15) is 0 Å². The number of hydrogen-bond acceptors (Lipinski definition) is 2. The van der Waals surface area contributed by atoms with Gasteiger partial charge in [0.2, 0.25) is 0 Å². The van der Waals surface area contributed by atoms with E-state index in [1.54, 1.807) is 24.3 Å². The summed E-state index contributed by atoms with van der Waals surface area (Å²) in [6.07, 6.45) is 1.50. The highest BCUT2D eigenvalue weighted by Gasteiger charge is 2.23. The number of carboxylic acid groups (broad SMARTS) is 1. The van der Waals surface area contributed by atoms with Crippen LogP contribution < -0.4 is 4.74 Å². The number of rotatable bonds is 2. The molecule has 1 aliphatic heterocycles. The van der Waals surface area contributed by atoms with Crippen LogP contribution in [0.2, 0.25) is 5.02 Å². The van der Waals surface area contributed by atoms with Crippen molar-refractivity contribution in [2.45, 2.75) is 13.0 Å². The first-order valence-electron chi connectivity index (χ1n) is 6.68. The Balaban J connectivity index is 2.22. The van der Waals surface area contributed by atoms with Crippen LogP contribution in [0.5, 0.6) is 5.75 Å². The molecule has 0 radical (unpaired) electrons. The van der Waals surface area contributed by atoms with Crippen molar-refractivity contribution in [2.24, 2.45) is 0 Å². The van der Waals surface area contributed by atoms with E-state index in [4.69, 9.17) is 21.4 Å². The largest absolute Gasteiger partial charge is 0.486 e. The SMILES string of the molecule is CC1C=C(c2cccc(Cl)c2F)c2cc(C(=O)O)ccc2O1. The van der Waals surface area contributed by atoms with E-state index < -0.39 is 11.8 Å². The second-order valence-electron chi connectivity index (χ2n) is 5.02. The third-order valence-corrected chi connectivity index (χ3v) is 3.76. The van der Waals surface area contributed by atoms with E-state index >= 15 is 0 Å². The Morgan fingerprint density at radius 2 is 2.05 bits per heavy atom. The van der Waals surface area contributed by atoms with Crippen LogP contribution in [0.25, 0.3) is 5.57 Å². The van der Waals surface area contributed by atoms with Crippen LogP contribution in [0, 0.1) is 5.82 Å². The molecule has 1 aliphatic rings. The minimum absolute atomic E-state index is 0.0217. The fraction of sp³-hybridized carbons (Fsp3) is 0.118. The fourth-order valence-corrected chi connectivity index (χ4v) is 2.66. The summed E-state index contributed by atoms with van der Waals surface area (Å²) in [5, 5.41) is 9.16. The van der Waals surface area contributed by atoms with Crippen LogP contribution in [-0.2, 0) is 0 Å². The molecule has 5 heteroatoms. The third-order valence-electron chi connectivity index (χ3n) is 3.47. The minimum Gasteiger partial charge on any atom is -0.486 e. The van der Waals surface area contributed by atoms with Crippen LogP contribution in [0.3, 0.4) is 0 Å². The maximum atomic E-state index is 14.3. The Morgan fingerprint density at radius 3 is 2.77 bits per heavy atom. The summed E-state index contributed by atoms with van der Waals surface area (Å²) in [4.78, 5) is 11.2. The first-order chi connectivity index (χ1) is 10.5. The number of benzene rings is 2. The number of ether oxygens (including phenoxy) is 1. The lowest BCUT2D eigenvalue weighted by molar-refractivity contribution is 0.0697. The van der Waals surface area contributed by atoms with Gasteiger partial charge in [0.25, 0.3) is 0 Å². The van der Waals surface area contributed by atoms with E-state index in [0.717, 1.165) is 0 Å². The van der Waals surface area contributed by atoms with E-state index in [0.29, 0.717) is 22.4 Å². The standard InChI is InChI=1S/C17H12ClFO3/c1-9-7-12(11-3-2-4-14(18)16(11)19)13-8-10(17(20)21)5-6-15(13)22-9/h2-9H,1H3,(H,20,21). The molecule has 0 amide bonds. The predicted octanol–water partition coefficient (Wildman–Crippen LogP) is 4.39. The summed E-state index contributed by atoms with van der Waals surface area (Å²) in [7, 11) is 0. The lowest BCUT2D eigenvalue weighted by atomic mass is 9.92. The van der Waals surface area contributed by atoms with Gasteiger partial charge in [0.15, 0.2) is 0 Å². The van der Waals surface area contributed by atoms with Crippen LogP contribution >= 0.6 is 11.6 Å². The smallest absolute Gasteiger partial charge is 0.335 e. The summed E-state index contributed by atoms with van der Waals surface area (Å²) in [5.41, 5.74) is 1.56. The number of carbonyl (C=O) groups is 1. The monoisotopic (exact) mass is 318 g/mol. The molecule has 2 aromatic rings. The molecule has 0 saturated carbocycles. The molecule has 2 aromatic carbocycles. The number of aromatic carboxylic acids is 1. The van der Waals surface area contributed by atoms with Gasteiger partial charge in [-0.3, -0.25) is 0 Å². The van der Waals surface area contributed by atoms with Crippen molar-refractivity contribution in [1.29, 1.82) is 0 Å². The second-order valence-corrected chi connectivity index (χ2v) is 5.43. The molecule has 0 bridgehead atoms. The van der Waals surface area contributed by atoms with Crippen molar-refractivity contribution in [1.82, 2.24) is 0 Å². The summed E-state index contributed by atoms with van der Waals surface area (Å²) >= 11 is 5.85. The maximum absolute atomic E-state index is 14.3. The predicted molar refractivity (Wildman–Crippen MR) is 82.0 cm³/mol. The molecule has 22 heavy (non-hydrogen) atoms. The summed E-state index contributed by atoms with van der Waals surface area (Å²) in [6, 6.07) is 9.27. The third kappa shape index (κ3) is 2.46. The van der Waals surface area contributed by atoms with Crippen molar-refractivity contribution < 1.29 is 19.0 Å².